The highest BCUT2D eigenvalue weighted by molar-refractivity contribution is 9.09. The summed E-state index contributed by atoms with van der Waals surface area (Å²) in [5.74, 6) is -1.18. The summed E-state index contributed by atoms with van der Waals surface area (Å²) in [7, 11) is 1.23. The van der Waals surface area contributed by atoms with Gasteiger partial charge in [0.15, 0.2) is 0 Å². The zero-order valence-corrected chi connectivity index (χ0v) is 9.93. The Hall–Kier alpha value is -1.11. The average Bonchev–Trinajstić information content (AvgIpc) is 2.23. The van der Waals surface area contributed by atoms with Gasteiger partial charge in [0, 0.05) is 11.8 Å². The maximum atomic E-state index is 11.0. The number of amides is 2. The fraction of sp³-hybridized carbons (Fsp3) is 0.625. The summed E-state index contributed by atoms with van der Waals surface area (Å²) in [5, 5.41) is 5.23. The maximum absolute atomic E-state index is 11.0. The normalized spacial score (nSPS) is 9.20. The lowest BCUT2D eigenvalue weighted by Crippen LogP contribution is -2.39. The number of rotatable bonds is 6. The molecule has 0 fully saturated rings. The molecule has 0 saturated heterocycles. The average molecular weight is 281 g/mol. The lowest BCUT2D eigenvalue weighted by molar-refractivity contribution is -0.141. The Morgan fingerprint density at radius 3 is 2.27 bits per heavy atom. The summed E-state index contributed by atoms with van der Waals surface area (Å²) in [4.78, 5) is 32.6. The molecule has 0 aliphatic carbocycles. The van der Waals surface area contributed by atoms with Gasteiger partial charge in [0.2, 0.25) is 11.8 Å². The van der Waals surface area contributed by atoms with Crippen LogP contribution in [0.1, 0.15) is 6.42 Å². The van der Waals surface area contributed by atoms with E-state index in [1.54, 1.807) is 0 Å². The molecule has 0 aromatic rings. The van der Waals surface area contributed by atoms with Gasteiger partial charge in [-0.05, 0) is 0 Å². The van der Waals surface area contributed by atoms with Gasteiger partial charge in [-0.1, -0.05) is 15.9 Å². The predicted molar refractivity (Wildman–Crippen MR) is 56.4 cm³/mol. The van der Waals surface area contributed by atoms with Crippen LogP contribution in [-0.4, -0.2) is 43.3 Å². The number of halogens is 1. The van der Waals surface area contributed by atoms with Crippen LogP contribution in [-0.2, 0) is 19.1 Å². The zero-order chi connectivity index (χ0) is 11.7. The van der Waals surface area contributed by atoms with Gasteiger partial charge in [0.1, 0.15) is 6.54 Å². The summed E-state index contributed by atoms with van der Waals surface area (Å²) in [5.41, 5.74) is 0. The molecule has 2 N–H and O–H groups in total. The van der Waals surface area contributed by atoms with Crippen molar-refractivity contribution in [2.75, 3.05) is 25.5 Å². The maximum Gasteiger partial charge on any atom is 0.325 e. The van der Waals surface area contributed by atoms with Crippen molar-refractivity contribution in [2.24, 2.45) is 0 Å². The van der Waals surface area contributed by atoms with Crippen LogP contribution in [0, 0.1) is 0 Å². The SMILES string of the molecule is COC(=O)CNC(=O)CNC(=O)CCBr. The minimum absolute atomic E-state index is 0.136. The number of ether oxygens (including phenoxy) is 1. The largest absolute Gasteiger partial charge is 0.468 e. The van der Waals surface area contributed by atoms with E-state index < -0.39 is 11.9 Å². The Kier molecular flexibility index (Phi) is 7.61. The second-order valence-electron chi connectivity index (χ2n) is 2.57. The van der Waals surface area contributed by atoms with Gasteiger partial charge in [-0.25, -0.2) is 0 Å². The molecule has 15 heavy (non-hydrogen) atoms. The van der Waals surface area contributed by atoms with Gasteiger partial charge in [0.25, 0.3) is 0 Å². The fourth-order valence-electron chi connectivity index (χ4n) is 0.658. The molecule has 0 radical (unpaired) electrons. The summed E-state index contributed by atoms with van der Waals surface area (Å²) in [6.07, 6.45) is 0.310. The van der Waals surface area contributed by atoms with Gasteiger partial charge >= 0.3 is 5.97 Å². The Labute approximate surface area is 95.9 Å². The van der Waals surface area contributed by atoms with Gasteiger partial charge in [-0.15, -0.1) is 0 Å². The number of carbonyl (C=O) groups excluding carboxylic acids is 3. The van der Waals surface area contributed by atoms with Gasteiger partial charge in [-0.2, -0.15) is 0 Å². The van der Waals surface area contributed by atoms with Crippen LogP contribution in [0.15, 0.2) is 0 Å². The first-order valence-electron chi connectivity index (χ1n) is 4.26. The molecule has 7 heteroatoms. The van der Waals surface area contributed by atoms with Crippen molar-refractivity contribution in [1.82, 2.24) is 10.6 Å². The van der Waals surface area contributed by atoms with Crippen LogP contribution in [0.4, 0.5) is 0 Å². The highest BCUT2D eigenvalue weighted by atomic mass is 79.9. The molecule has 0 aliphatic rings. The zero-order valence-electron chi connectivity index (χ0n) is 8.34. The molecule has 0 bridgehead atoms. The summed E-state index contributed by atoms with van der Waals surface area (Å²) in [6.45, 7) is -0.327. The predicted octanol–water partition coefficient (Wildman–Crippen LogP) is -0.823. The smallest absolute Gasteiger partial charge is 0.325 e. The van der Waals surface area contributed by atoms with Gasteiger partial charge in [0.05, 0.1) is 13.7 Å². The minimum atomic E-state index is -0.532. The van der Waals surface area contributed by atoms with E-state index in [-0.39, 0.29) is 19.0 Å². The second-order valence-corrected chi connectivity index (χ2v) is 3.36. The van der Waals surface area contributed by atoms with Crippen molar-refractivity contribution in [3.05, 3.63) is 0 Å². The summed E-state index contributed by atoms with van der Waals surface area (Å²) in [6, 6.07) is 0. The van der Waals surface area contributed by atoms with Crippen molar-refractivity contribution in [3.63, 3.8) is 0 Å². The van der Waals surface area contributed by atoms with E-state index in [2.05, 4.69) is 31.3 Å². The van der Waals surface area contributed by atoms with E-state index in [1.807, 2.05) is 0 Å². The molecule has 0 rings (SSSR count). The Bertz CT molecular complexity index is 245. The summed E-state index contributed by atoms with van der Waals surface area (Å²) < 4.78 is 4.32. The van der Waals surface area contributed by atoms with E-state index >= 15 is 0 Å². The molecule has 0 aromatic heterocycles. The molecule has 2 amide bonds. The molecule has 0 spiro atoms. The summed E-state index contributed by atoms with van der Waals surface area (Å²) >= 11 is 3.09. The first-order valence-corrected chi connectivity index (χ1v) is 5.38. The Morgan fingerprint density at radius 1 is 1.13 bits per heavy atom. The lowest BCUT2D eigenvalue weighted by Gasteiger charge is -2.04. The molecular weight excluding hydrogens is 268 g/mol. The van der Waals surface area contributed by atoms with Crippen LogP contribution < -0.4 is 10.6 Å². The number of hydrogen-bond donors (Lipinski definition) is 2. The molecule has 0 unspecified atom stereocenters. The fourth-order valence-corrected chi connectivity index (χ4v) is 1.02. The third-order valence-corrected chi connectivity index (χ3v) is 1.82. The Balaban J connectivity index is 3.57. The van der Waals surface area contributed by atoms with Crippen molar-refractivity contribution >= 4 is 33.7 Å². The molecule has 0 atom stereocenters. The third-order valence-electron chi connectivity index (χ3n) is 1.43. The van der Waals surface area contributed by atoms with Crippen LogP contribution in [0.3, 0.4) is 0 Å². The number of esters is 1. The van der Waals surface area contributed by atoms with Crippen LogP contribution >= 0.6 is 15.9 Å². The van der Waals surface area contributed by atoms with Crippen molar-refractivity contribution in [2.45, 2.75) is 6.42 Å². The van der Waals surface area contributed by atoms with Gasteiger partial charge in [-0.3, -0.25) is 14.4 Å². The molecule has 0 aromatic carbocycles. The number of methoxy groups -OCH3 is 1. The third kappa shape index (κ3) is 7.92. The van der Waals surface area contributed by atoms with Crippen molar-refractivity contribution < 1.29 is 19.1 Å². The molecule has 6 nitrogen and oxygen atoms in total. The molecule has 0 heterocycles. The van der Waals surface area contributed by atoms with Crippen molar-refractivity contribution in [1.29, 1.82) is 0 Å². The van der Waals surface area contributed by atoms with E-state index in [9.17, 15) is 14.4 Å². The van der Waals surface area contributed by atoms with E-state index in [1.165, 1.54) is 7.11 Å². The second kappa shape index (κ2) is 8.22. The van der Waals surface area contributed by atoms with E-state index in [0.717, 1.165) is 0 Å². The Morgan fingerprint density at radius 2 is 1.73 bits per heavy atom. The van der Waals surface area contributed by atoms with Gasteiger partial charge < -0.3 is 15.4 Å². The van der Waals surface area contributed by atoms with Crippen LogP contribution in [0.25, 0.3) is 0 Å². The topological polar surface area (TPSA) is 84.5 Å². The monoisotopic (exact) mass is 280 g/mol. The van der Waals surface area contributed by atoms with Crippen LogP contribution in [0.5, 0.6) is 0 Å². The quantitative estimate of drug-likeness (QED) is 0.492. The van der Waals surface area contributed by atoms with E-state index in [4.69, 9.17) is 0 Å². The minimum Gasteiger partial charge on any atom is -0.468 e. The number of hydrogen-bond acceptors (Lipinski definition) is 4. The lowest BCUT2D eigenvalue weighted by atomic mass is 10.4. The van der Waals surface area contributed by atoms with Crippen molar-refractivity contribution in [3.8, 4) is 0 Å². The molecular formula is C8H13BrN2O4. The first-order chi connectivity index (χ1) is 7.10. The number of nitrogens with one attached hydrogen (secondary N) is 2. The highest BCUT2D eigenvalue weighted by Crippen LogP contribution is 1.86. The molecule has 0 saturated carbocycles. The van der Waals surface area contributed by atoms with E-state index in [0.29, 0.717) is 11.8 Å². The standard InChI is InChI=1S/C8H13BrN2O4/c1-15-8(14)5-11-7(13)4-10-6(12)2-3-9/h2-5H2,1H3,(H,10,12)(H,11,13). The molecule has 86 valence electrons. The van der Waals surface area contributed by atoms with Crippen LogP contribution in [0.2, 0.25) is 0 Å². The first kappa shape index (κ1) is 13.9. The highest BCUT2D eigenvalue weighted by Gasteiger charge is 2.06. The number of carbonyl (C=O) groups is 3. The molecule has 0 aliphatic heterocycles. The number of alkyl halides is 1.